The van der Waals surface area contributed by atoms with Crippen LogP contribution in [0.4, 0.5) is 0 Å². The lowest BCUT2D eigenvalue weighted by Gasteiger charge is -2.17. The van der Waals surface area contributed by atoms with Crippen molar-refractivity contribution >= 4 is 10.0 Å². The number of likely N-dealkylation sites (tertiary alicyclic amines) is 1. The molecule has 2 atom stereocenters. The predicted molar refractivity (Wildman–Crippen MR) is 81.0 cm³/mol. The second kappa shape index (κ2) is 5.59. The third kappa shape index (κ3) is 2.93. The largest absolute Gasteiger partial charge is 0.493 e. The number of likely N-dealkylation sites (N-methyl/N-ethyl adjacent to an activating group) is 1. The molecule has 3 rings (SSSR count). The highest BCUT2D eigenvalue weighted by molar-refractivity contribution is 7.89. The summed E-state index contributed by atoms with van der Waals surface area (Å²) in [6.45, 7) is 7.52. The maximum absolute atomic E-state index is 12.6. The Morgan fingerprint density at radius 1 is 1.38 bits per heavy atom. The molecule has 2 aliphatic heterocycles. The van der Waals surface area contributed by atoms with Crippen LogP contribution in [0.5, 0.6) is 5.75 Å². The van der Waals surface area contributed by atoms with Gasteiger partial charge in [0.15, 0.2) is 0 Å². The molecule has 1 aromatic rings. The average molecular weight is 310 g/mol. The zero-order valence-electron chi connectivity index (χ0n) is 12.5. The summed E-state index contributed by atoms with van der Waals surface area (Å²) < 4.78 is 33.4. The number of nitrogens with zero attached hydrogens (tertiary/aromatic N) is 1. The maximum Gasteiger partial charge on any atom is 0.240 e. The summed E-state index contributed by atoms with van der Waals surface area (Å²) in [5, 5.41) is 0. The molecule has 1 fully saturated rings. The van der Waals surface area contributed by atoms with Crippen molar-refractivity contribution in [2.24, 2.45) is 5.92 Å². The van der Waals surface area contributed by atoms with Crippen LogP contribution in [0.1, 0.15) is 19.4 Å². The van der Waals surface area contributed by atoms with Crippen LogP contribution in [0.15, 0.2) is 23.1 Å². The van der Waals surface area contributed by atoms with Gasteiger partial charge in [-0.05, 0) is 36.2 Å². The van der Waals surface area contributed by atoms with Crippen LogP contribution in [0.25, 0.3) is 0 Å². The molecular weight excluding hydrogens is 288 g/mol. The fraction of sp³-hybridized carbons (Fsp3) is 0.600. The molecule has 1 saturated heterocycles. The van der Waals surface area contributed by atoms with Crippen molar-refractivity contribution in [3.63, 3.8) is 0 Å². The van der Waals surface area contributed by atoms with E-state index in [4.69, 9.17) is 4.74 Å². The Labute approximate surface area is 126 Å². The molecule has 0 unspecified atom stereocenters. The van der Waals surface area contributed by atoms with Crippen LogP contribution < -0.4 is 9.46 Å². The molecule has 0 aromatic heterocycles. The number of hydrogen-bond acceptors (Lipinski definition) is 4. The van der Waals surface area contributed by atoms with Gasteiger partial charge in [0.2, 0.25) is 10.0 Å². The van der Waals surface area contributed by atoms with Gasteiger partial charge in [-0.15, -0.1) is 0 Å². The lowest BCUT2D eigenvalue weighted by Crippen LogP contribution is -2.39. The van der Waals surface area contributed by atoms with E-state index in [1.165, 1.54) is 0 Å². The second-order valence-corrected chi connectivity index (χ2v) is 7.64. The van der Waals surface area contributed by atoms with Gasteiger partial charge in [-0.3, -0.25) is 0 Å². The molecule has 0 saturated carbocycles. The lowest BCUT2D eigenvalue weighted by molar-refractivity contribution is 0.344. The van der Waals surface area contributed by atoms with Crippen molar-refractivity contribution in [1.82, 2.24) is 9.62 Å². The number of ether oxygens (including phenoxy) is 1. The minimum atomic E-state index is -3.46. The van der Waals surface area contributed by atoms with Crippen LogP contribution in [0, 0.1) is 5.92 Å². The molecule has 0 amide bonds. The van der Waals surface area contributed by atoms with E-state index in [2.05, 4.69) is 23.5 Å². The third-order valence-electron chi connectivity index (χ3n) is 4.41. The van der Waals surface area contributed by atoms with Gasteiger partial charge in [0.25, 0.3) is 0 Å². The fourth-order valence-corrected chi connectivity index (χ4v) is 4.46. The zero-order valence-corrected chi connectivity index (χ0v) is 13.3. The van der Waals surface area contributed by atoms with Gasteiger partial charge in [-0.2, -0.15) is 0 Å². The minimum Gasteiger partial charge on any atom is -0.493 e. The zero-order chi connectivity index (χ0) is 15.0. The molecule has 1 aromatic carbocycles. The van der Waals surface area contributed by atoms with Gasteiger partial charge in [0, 0.05) is 25.6 Å². The van der Waals surface area contributed by atoms with Crippen molar-refractivity contribution in [2.75, 3.05) is 26.2 Å². The summed E-state index contributed by atoms with van der Waals surface area (Å²) in [4.78, 5) is 2.61. The predicted octanol–water partition coefficient (Wildman–Crippen LogP) is 1.24. The highest BCUT2D eigenvalue weighted by Gasteiger charge is 2.32. The lowest BCUT2D eigenvalue weighted by atomic mass is 10.1. The first-order valence-corrected chi connectivity index (χ1v) is 8.98. The van der Waals surface area contributed by atoms with E-state index in [1.807, 2.05) is 0 Å². The monoisotopic (exact) mass is 310 g/mol. The number of hydrogen-bond donors (Lipinski definition) is 1. The Kier molecular flexibility index (Phi) is 3.94. The Morgan fingerprint density at radius 3 is 2.90 bits per heavy atom. The number of sulfonamides is 1. The average Bonchev–Trinajstić information content (AvgIpc) is 3.04. The van der Waals surface area contributed by atoms with E-state index in [0.29, 0.717) is 17.4 Å². The number of rotatable bonds is 4. The highest BCUT2D eigenvalue weighted by Crippen LogP contribution is 2.28. The van der Waals surface area contributed by atoms with E-state index in [1.54, 1.807) is 18.2 Å². The molecule has 2 aliphatic rings. The minimum absolute atomic E-state index is 0.0144. The second-order valence-electron chi connectivity index (χ2n) is 5.93. The Bertz CT molecular complexity index is 630. The maximum atomic E-state index is 12.6. The molecule has 0 radical (unpaired) electrons. The molecule has 5 nitrogen and oxygen atoms in total. The van der Waals surface area contributed by atoms with E-state index >= 15 is 0 Å². The van der Waals surface area contributed by atoms with Crippen LogP contribution in [-0.4, -0.2) is 45.6 Å². The van der Waals surface area contributed by atoms with Crippen molar-refractivity contribution in [3.8, 4) is 5.75 Å². The van der Waals surface area contributed by atoms with E-state index in [9.17, 15) is 8.42 Å². The van der Waals surface area contributed by atoms with Crippen molar-refractivity contribution in [3.05, 3.63) is 23.8 Å². The van der Waals surface area contributed by atoms with Gasteiger partial charge in [0.1, 0.15) is 5.75 Å². The number of nitrogens with one attached hydrogen (secondary N) is 1. The van der Waals surface area contributed by atoms with Gasteiger partial charge in [-0.25, -0.2) is 13.1 Å². The first-order chi connectivity index (χ1) is 9.99. The van der Waals surface area contributed by atoms with Crippen LogP contribution in [0.2, 0.25) is 0 Å². The molecular formula is C15H22N2O3S. The normalized spacial score (nSPS) is 25.8. The summed E-state index contributed by atoms with van der Waals surface area (Å²) in [6.07, 6.45) is 0.780. The van der Waals surface area contributed by atoms with Gasteiger partial charge >= 0.3 is 0 Å². The first-order valence-electron chi connectivity index (χ1n) is 7.50. The Hall–Kier alpha value is -1.11. The molecule has 0 bridgehead atoms. The van der Waals surface area contributed by atoms with Gasteiger partial charge in [0.05, 0.1) is 11.5 Å². The van der Waals surface area contributed by atoms with Crippen LogP contribution in [-0.2, 0) is 16.4 Å². The Morgan fingerprint density at radius 2 is 2.19 bits per heavy atom. The molecule has 6 heteroatoms. The summed E-state index contributed by atoms with van der Waals surface area (Å²) in [5.74, 6) is 1.14. The van der Waals surface area contributed by atoms with Crippen molar-refractivity contribution in [2.45, 2.75) is 31.2 Å². The first kappa shape index (κ1) is 14.8. The number of fused-ring (bicyclic) bond motifs is 1. The molecule has 116 valence electrons. The van der Waals surface area contributed by atoms with Gasteiger partial charge in [-0.1, -0.05) is 13.8 Å². The van der Waals surface area contributed by atoms with E-state index in [0.717, 1.165) is 37.4 Å². The molecule has 21 heavy (non-hydrogen) atoms. The summed E-state index contributed by atoms with van der Waals surface area (Å²) in [5.41, 5.74) is 0.979. The molecule has 2 heterocycles. The quantitative estimate of drug-likeness (QED) is 0.909. The molecule has 0 spiro atoms. The smallest absolute Gasteiger partial charge is 0.240 e. The Balaban J connectivity index is 1.78. The third-order valence-corrected chi connectivity index (χ3v) is 5.90. The topological polar surface area (TPSA) is 58.6 Å². The molecule has 0 aliphatic carbocycles. The van der Waals surface area contributed by atoms with Crippen LogP contribution in [0.3, 0.4) is 0 Å². The van der Waals surface area contributed by atoms with Gasteiger partial charge < -0.3 is 9.64 Å². The summed E-state index contributed by atoms with van der Waals surface area (Å²) in [6, 6.07) is 5.11. The van der Waals surface area contributed by atoms with Crippen molar-refractivity contribution < 1.29 is 13.2 Å². The fourth-order valence-electron chi connectivity index (χ4n) is 3.08. The SMILES string of the molecule is CCN1C[C@H](NS(=O)(=O)c2ccc3c(c2)CCO3)[C@@H](C)C1. The summed E-state index contributed by atoms with van der Waals surface area (Å²) in [7, 11) is -3.46. The van der Waals surface area contributed by atoms with E-state index in [-0.39, 0.29) is 6.04 Å². The molecule has 1 N–H and O–H groups in total. The standard InChI is InChI=1S/C15H22N2O3S/c1-3-17-9-11(2)14(10-17)16-21(18,19)13-4-5-15-12(8-13)6-7-20-15/h4-5,8,11,14,16H,3,6-7,9-10H2,1-2H3/t11-,14-/m0/s1. The van der Waals surface area contributed by atoms with Crippen LogP contribution >= 0.6 is 0 Å². The van der Waals surface area contributed by atoms with Crippen molar-refractivity contribution in [1.29, 1.82) is 0 Å². The highest BCUT2D eigenvalue weighted by atomic mass is 32.2. The van der Waals surface area contributed by atoms with E-state index < -0.39 is 10.0 Å². The number of benzene rings is 1. The summed E-state index contributed by atoms with van der Waals surface area (Å²) >= 11 is 0.